The summed E-state index contributed by atoms with van der Waals surface area (Å²) in [6.07, 6.45) is 0. The maximum atomic E-state index is 11.4. The maximum Gasteiger partial charge on any atom is 0.258 e. The molecule has 0 aliphatic carbocycles. The molecule has 1 aromatic carbocycles. The number of carbonyl (C=O) groups is 1. The highest BCUT2D eigenvalue weighted by atomic mass is 35.5. The van der Waals surface area contributed by atoms with Crippen molar-refractivity contribution < 1.29 is 14.6 Å². The van der Waals surface area contributed by atoms with Crippen LogP contribution in [-0.2, 0) is 4.79 Å². The highest BCUT2D eigenvalue weighted by molar-refractivity contribution is 6.42. The van der Waals surface area contributed by atoms with E-state index in [1.54, 1.807) is 26.0 Å². The second kappa shape index (κ2) is 6.27. The second-order valence-electron chi connectivity index (χ2n) is 4.45. The van der Waals surface area contributed by atoms with Crippen molar-refractivity contribution in [2.45, 2.75) is 19.4 Å². The molecule has 18 heavy (non-hydrogen) atoms. The van der Waals surface area contributed by atoms with Gasteiger partial charge in [-0.15, -0.1) is 0 Å². The molecule has 1 amide bonds. The first-order chi connectivity index (χ1) is 8.28. The number of halogens is 2. The number of hydrogen-bond donors (Lipinski definition) is 2. The first kappa shape index (κ1) is 15.1. The molecule has 0 aromatic heterocycles. The van der Waals surface area contributed by atoms with Crippen molar-refractivity contribution in [2.75, 3.05) is 13.2 Å². The van der Waals surface area contributed by atoms with E-state index in [-0.39, 0.29) is 19.1 Å². The minimum absolute atomic E-state index is 0.145. The summed E-state index contributed by atoms with van der Waals surface area (Å²) in [4.78, 5) is 11.4. The predicted octanol–water partition coefficient (Wildman–Crippen LogP) is 2.26. The number of ether oxygens (including phenoxy) is 1. The van der Waals surface area contributed by atoms with Crippen LogP contribution in [0.3, 0.4) is 0 Å². The molecule has 0 bridgehead atoms. The highest BCUT2D eigenvalue weighted by Gasteiger charge is 2.14. The molecule has 0 radical (unpaired) electrons. The van der Waals surface area contributed by atoms with Crippen LogP contribution in [0.5, 0.6) is 5.75 Å². The monoisotopic (exact) mass is 291 g/mol. The van der Waals surface area contributed by atoms with Crippen LogP contribution in [-0.4, -0.2) is 29.8 Å². The van der Waals surface area contributed by atoms with Gasteiger partial charge in [-0.05, 0) is 26.0 Å². The molecular weight excluding hydrogens is 277 g/mol. The van der Waals surface area contributed by atoms with Crippen molar-refractivity contribution in [2.24, 2.45) is 0 Å². The number of nitrogens with one attached hydrogen (secondary N) is 1. The zero-order chi connectivity index (χ0) is 13.8. The Morgan fingerprint density at radius 1 is 1.39 bits per heavy atom. The lowest BCUT2D eigenvalue weighted by Crippen LogP contribution is -2.40. The predicted molar refractivity (Wildman–Crippen MR) is 71.3 cm³/mol. The molecule has 1 aromatic rings. The lowest BCUT2D eigenvalue weighted by Gasteiger charge is -2.17. The van der Waals surface area contributed by atoms with Gasteiger partial charge >= 0.3 is 0 Å². The fourth-order valence-corrected chi connectivity index (χ4v) is 1.37. The Kier molecular flexibility index (Phi) is 5.26. The summed E-state index contributed by atoms with van der Waals surface area (Å²) in [5.41, 5.74) is -0.945. The van der Waals surface area contributed by atoms with Crippen molar-refractivity contribution >= 4 is 29.1 Å². The van der Waals surface area contributed by atoms with Gasteiger partial charge in [-0.2, -0.15) is 0 Å². The summed E-state index contributed by atoms with van der Waals surface area (Å²) in [5, 5.41) is 12.8. The summed E-state index contributed by atoms with van der Waals surface area (Å²) < 4.78 is 5.23. The van der Waals surface area contributed by atoms with Crippen LogP contribution in [0.2, 0.25) is 10.0 Å². The Morgan fingerprint density at radius 2 is 2.06 bits per heavy atom. The average molecular weight is 292 g/mol. The Hall–Kier alpha value is -0.970. The van der Waals surface area contributed by atoms with Crippen LogP contribution >= 0.6 is 23.2 Å². The number of rotatable bonds is 5. The molecule has 0 saturated heterocycles. The quantitative estimate of drug-likeness (QED) is 0.875. The van der Waals surface area contributed by atoms with Crippen LogP contribution in [0.25, 0.3) is 0 Å². The molecule has 0 heterocycles. The molecule has 100 valence electrons. The fraction of sp³-hybridized carbons (Fsp3) is 0.417. The van der Waals surface area contributed by atoms with Crippen LogP contribution in [0, 0.1) is 0 Å². The Bertz CT molecular complexity index is 430. The van der Waals surface area contributed by atoms with Gasteiger partial charge in [0.2, 0.25) is 0 Å². The molecule has 0 aliphatic heterocycles. The van der Waals surface area contributed by atoms with Crippen LogP contribution in [0.4, 0.5) is 0 Å². The summed E-state index contributed by atoms with van der Waals surface area (Å²) in [7, 11) is 0. The van der Waals surface area contributed by atoms with E-state index in [1.807, 2.05) is 0 Å². The summed E-state index contributed by atoms with van der Waals surface area (Å²) in [5.74, 6) is 0.144. The van der Waals surface area contributed by atoms with E-state index < -0.39 is 5.60 Å². The molecule has 2 N–H and O–H groups in total. The first-order valence-corrected chi connectivity index (χ1v) is 6.10. The van der Waals surface area contributed by atoms with Crippen LogP contribution in [0.15, 0.2) is 18.2 Å². The molecule has 0 spiro atoms. The van der Waals surface area contributed by atoms with E-state index in [1.165, 1.54) is 6.07 Å². The number of carbonyl (C=O) groups excluding carboxylic acids is 1. The summed E-state index contributed by atoms with van der Waals surface area (Å²) >= 11 is 11.6. The number of amides is 1. The standard InChI is InChI=1S/C12H15Cl2NO3/c1-12(2,17)7-15-11(16)6-18-8-3-4-9(13)10(14)5-8/h3-5,17H,6-7H2,1-2H3,(H,15,16). The van der Waals surface area contributed by atoms with E-state index in [9.17, 15) is 9.90 Å². The van der Waals surface area contributed by atoms with E-state index in [0.717, 1.165) is 0 Å². The van der Waals surface area contributed by atoms with Gasteiger partial charge in [-0.3, -0.25) is 4.79 Å². The van der Waals surface area contributed by atoms with Gasteiger partial charge in [0.15, 0.2) is 6.61 Å². The Morgan fingerprint density at radius 3 is 2.61 bits per heavy atom. The number of aliphatic hydroxyl groups is 1. The largest absolute Gasteiger partial charge is 0.484 e. The summed E-state index contributed by atoms with van der Waals surface area (Å²) in [6, 6.07) is 4.75. The van der Waals surface area contributed by atoms with E-state index in [0.29, 0.717) is 15.8 Å². The average Bonchev–Trinajstić information content (AvgIpc) is 2.27. The normalized spacial score (nSPS) is 11.2. The van der Waals surface area contributed by atoms with E-state index in [4.69, 9.17) is 27.9 Å². The molecule has 0 saturated carbocycles. The topological polar surface area (TPSA) is 58.6 Å². The minimum Gasteiger partial charge on any atom is -0.484 e. The van der Waals surface area contributed by atoms with E-state index in [2.05, 4.69) is 5.32 Å². The zero-order valence-corrected chi connectivity index (χ0v) is 11.7. The third kappa shape index (κ3) is 5.58. The lowest BCUT2D eigenvalue weighted by molar-refractivity contribution is -0.124. The molecule has 0 aliphatic rings. The third-order valence-electron chi connectivity index (χ3n) is 1.98. The Labute approximate surface area is 116 Å². The van der Waals surface area contributed by atoms with Gasteiger partial charge in [-0.25, -0.2) is 0 Å². The second-order valence-corrected chi connectivity index (χ2v) is 5.27. The van der Waals surface area contributed by atoms with Gasteiger partial charge in [0.1, 0.15) is 5.75 Å². The van der Waals surface area contributed by atoms with Crippen molar-refractivity contribution in [3.05, 3.63) is 28.2 Å². The first-order valence-electron chi connectivity index (χ1n) is 5.35. The van der Waals surface area contributed by atoms with Gasteiger partial charge in [-0.1, -0.05) is 23.2 Å². The number of benzene rings is 1. The molecule has 6 heteroatoms. The third-order valence-corrected chi connectivity index (χ3v) is 2.72. The van der Waals surface area contributed by atoms with Crippen molar-refractivity contribution in [1.82, 2.24) is 5.32 Å². The highest BCUT2D eigenvalue weighted by Crippen LogP contribution is 2.26. The molecule has 4 nitrogen and oxygen atoms in total. The Balaban J connectivity index is 2.40. The maximum absolute atomic E-state index is 11.4. The SMILES string of the molecule is CC(C)(O)CNC(=O)COc1ccc(Cl)c(Cl)c1. The molecule has 1 rings (SSSR count). The minimum atomic E-state index is -0.945. The van der Waals surface area contributed by atoms with Crippen LogP contribution < -0.4 is 10.1 Å². The molecule has 0 unspecified atom stereocenters. The molecule has 0 fully saturated rings. The van der Waals surface area contributed by atoms with Gasteiger partial charge in [0.05, 0.1) is 15.6 Å². The lowest BCUT2D eigenvalue weighted by atomic mass is 10.1. The van der Waals surface area contributed by atoms with Gasteiger partial charge in [0.25, 0.3) is 5.91 Å². The van der Waals surface area contributed by atoms with Gasteiger partial charge in [0, 0.05) is 12.6 Å². The zero-order valence-electron chi connectivity index (χ0n) is 10.2. The summed E-state index contributed by atoms with van der Waals surface area (Å²) in [6.45, 7) is 3.23. The van der Waals surface area contributed by atoms with Gasteiger partial charge < -0.3 is 15.2 Å². The van der Waals surface area contributed by atoms with Crippen molar-refractivity contribution in [1.29, 1.82) is 0 Å². The fourth-order valence-electron chi connectivity index (χ4n) is 1.08. The molecular formula is C12H15Cl2NO3. The van der Waals surface area contributed by atoms with Crippen LogP contribution in [0.1, 0.15) is 13.8 Å². The molecule has 0 atom stereocenters. The smallest absolute Gasteiger partial charge is 0.258 e. The van der Waals surface area contributed by atoms with Crippen molar-refractivity contribution in [3.63, 3.8) is 0 Å². The number of hydrogen-bond acceptors (Lipinski definition) is 3. The van der Waals surface area contributed by atoms with Crippen molar-refractivity contribution in [3.8, 4) is 5.75 Å². The van der Waals surface area contributed by atoms with E-state index >= 15 is 0 Å².